The van der Waals surface area contributed by atoms with E-state index in [-0.39, 0.29) is 5.56 Å². The minimum atomic E-state index is -1.30. The summed E-state index contributed by atoms with van der Waals surface area (Å²) in [5.74, 6) is -1.33. The number of benzene rings is 2. The van der Waals surface area contributed by atoms with Crippen LogP contribution in [0.3, 0.4) is 0 Å². The number of carbonyl (C=O) groups is 1. The first-order chi connectivity index (χ1) is 9.10. The summed E-state index contributed by atoms with van der Waals surface area (Å²) < 4.78 is 18.3. The standard InChI is InChI=1S/C14H12FNO3/c1-19-11-5-2-9(3-6-11)16-10-4-7-13(15)12(8-10)14(17)18/h2-8,16H,1H3,(H,17,18). The van der Waals surface area contributed by atoms with Crippen molar-refractivity contribution in [3.05, 3.63) is 53.8 Å². The second kappa shape index (κ2) is 5.39. The van der Waals surface area contributed by atoms with Gasteiger partial charge < -0.3 is 15.2 Å². The summed E-state index contributed by atoms with van der Waals surface area (Å²) in [6, 6.07) is 10.9. The molecule has 0 aromatic heterocycles. The van der Waals surface area contributed by atoms with Crippen LogP contribution in [0.15, 0.2) is 42.5 Å². The molecule has 0 saturated heterocycles. The van der Waals surface area contributed by atoms with Crippen LogP contribution < -0.4 is 10.1 Å². The van der Waals surface area contributed by atoms with E-state index < -0.39 is 11.8 Å². The van der Waals surface area contributed by atoms with Crippen LogP contribution in [0.25, 0.3) is 0 Å². The lowest BCUT2D eigenvalue weighted by Crippen LogP contribution is -2.01. The molecule has 0 saturated carbocycles. The molecule has 5 heteroatoms. The molecule has 0 atom stereocenters. The lowest BCUT2D eigenvalue weighted by molar-refractivity contribution is 0.0692. The molecule has 0 spiro atoms. The quantitative estimate of drug-likeness (QED) is 0.886. The largest absolute Gasteiger partial charge is 0.497 e. The molecule has 0 aliphatic rings. The zero-order valence-electron chi connectivity index (χ0n) is 10.2. The van der Waals surface area contributed by atoms with Crippen molar-refractivity contribution in [1.29, 1.82) is 0 Å². The monoisotopic (exact) mass is 261 g/mol. The van der Waals surface area contributed by atoms with Crippen LogP contribution in [0.5, 0.6) is 5.75 Å². The smallest absolute Gasteiger partial charge is 0.338 e. The van der Waals surface area contributed by atoms with Crippen LogP contribution in [0, 0.1) is 5.82 Å². The average molecular weight is 261 g/mol. The van der Waals surface area contributed by atoms with Gasteiger partial charge in [-0.25, -0.2) is 9.18 Å². The molecule has 0 radical (unpaired) electrons. The van der Waals surface area contributed by atoms with Gasteiger partial charge in [-0.05, 0) is 42.5 Å². The zero-order chi connectivity index (χ0) is 13.8. The number of hydrogen-bond acceptors (Lipinski definition) is 3. The number of carboxylic acids is 1. The Labute approximate surface area is 109 Å². The fraction of sp³-hybridized carbons (Fsp3) is 0.0714. The Balaban J connectivity index is 2.22. The van der Waals surface area contributed by atoms with Gasteiger partial charge in [-0.3, -0.25) is 0 Å². The van der Waals surface area contributed by atoms with Gasteiger partial charge in [0.1, 0.15) is 11.6 Å². The molecule has 0 unspecified atom stereocenters. The third-order valence-corrected chi connectivity index (χ3v) is 2.58. The van der Waals surface area contributed by atoms with Crippen LogP contribution in [-0.4, -0.2) is 18.2 Å². The predicted molar refractivity (Wildman–Crippen MR) is 69.6 cm³/mol. The summed E-state index contributed by atoms with van der Waals surface area (Å²) in [6.45, 7) is 0. The molecule has 0 bridgehead atoms. The van der Waals surface area contributed by atoms with Gasteiger partial charge in [0.05, 0.1) is 12.7 Å². The van der Waals surface area contributed by atoms with Crippen LogP contribution in [-0.2, 0) is 0 Å². The zero-order valence-corrected chi connectivity index (χ0v) is 10.2. The van der Waals surface area contributed by atoms with Gasteiger partial charge in [0.2, 0.25) is 0 Å². The summed E-state index contributed by atoms with van der Waals surface area (Å²) in [5, 5.41) is 11.8. The normalized spacial score (nSPS) is 10.0. The number of anilines is 2. The number of carboxylic acid groups (broad SMARTS) is 1. The lowest BCUT2D eigenvalue weighted by atomic mass is 10.2. The minimum Gasteiger partial charge on any atom is -0.497 e. The number of aromatic carboxylic acids is 1. The maximum Gasteiger partial charge on any atom is 0.338 e. The van der Waals surface area contributed by atoms with E-state index in [0.29, 0.717) is 5.69 Å². The fourth-order valence-electron chi connectivity index (χ4n) is 1.61. The van der Waals surface area contributed by atoms with E-state index in [4.69, 9.17) is 9.84 Å². The lowest BCUT2D eigenvalue weighted by Gasteiger charge is -2.08. The van der Waals surface area contributed by atoms with E-state index in [0.717, 1.165) is 17.5 Å². The van der Waals surface area contributed by atoms with E-state index in [1.807, 2.05) is 0 Å². The highest BCUT2D eigenvalue weighted by Crippen LogP contribution is 2.21. The number of ether oxygens (including phenoxy) is 1. The Hall–Kier alpha value is -2.56. The molecule has 2 N–H and O–H groups in total. The van der Waals surface area contributed by atoms with Gasteiger partial charge in [-0.2, -0.15) is 0 Å². The van der Waals surface area contributed by atoms with Crippen molar-refractivity contribution in [3.8, 4) is 5.75 Å². The number of methoxy groups -OCH3 is 1. The topological polar surface area (TPSA) is 58.6 Å². The van der Waals surface area contributed by atoms with Gasteiger partial charge in [0.15, 0.2) is 0 Å². The third kappa shape index (κ3) is 3.01. The Bertz CT molecular complexity index is 596. The van der Waals surface area contributed by atoms with Gasteiger partial charge in [-0.1, -0.05) is 0 Å². The first-order valence-electron chi connectivity index (χ1n) is 5.54. The van der Waals surface area contributed by atoms with Crippen molar-refractivity contribution < 1.29 is 19.0 Å². The van der Waals surface area contributed by atoms with Crippen molar-refractivity contribution in [2.75, 3.05) is 12.4 Å². The third-order valence-electron chi connectivity index (χ3n) is 2.58. The molecule has 0 aliphatic carbocycles. The number of hydrogen-bond donors (Lipinski definition) is 2. The van der Waals surface area contributed by atoms with Crippen molar-refractivity contribution >= 4 is 17.3 Å². The van der Waals surface area contributed by atoms with Crippen molar-refractivity contribution in [2.24, 2.45) is 0 Å². The Kier molecular flexibility index (Phi) is 3.66. The summed E-state index contributed by atoms with van der Waals surface area (Å²) in [4.78, 5) is 10.8. The van der Waals surface area contributed by atoms with Crippen LogP contribution in [0.2, 0.25) is 0 Å². The average Bonchev–Trinajstić information content (AvgIpc) is 2.41. The van der Waals surface area contributed by atoms with E-state index in [2.05, 4.69) is 5.32 Å². The highest BCUT2D eigenvalue weighted by molar-refractivity contribution is 5.89. The second-order valence-corrected chi connectivity index (χ2v) is 3.85. The maximum atomic E-state index is 13.2. The summed E-state index contributed by atoms with van der Waals surface area (Å²) in [5.41, 5.74) is 0.895. The first kappa shape index (κ1) is 12.9. The van der Waals surface area contributed by atoms with Crippen molar-refractivity contribution in [3.63, 3.8) is 0 Å². The molecule has 2 aromatic rings. The van der Waals surface area contributed by atoms with Gasteiger partial charge in [0.25, 0.3) is 0 Å². The molecule has 2 aromatic carbocycles. The molecule has 98 valence electrons. The first-order valence-corrected chi connectivity index (χ1v) is 5.54. The Morgan fingerprint density at radius 2 is 1.79 bits per heavy atom. The molecular weight excluding hydrogens is 249 g/mol. The second-order valence-electron chi connectivity index (χ2n) is 3.85. The van der Waals surface area contributed by atoms with E-state index in [9.17, 15) is 9.18 Å². The molecular formula is C14H12FNO3. The predicted octanol–water partition coefficient (Wildman–Crippen LogP) is 3.28. The molecule has 0 amide bonds. The van der Waals surface area contributed by atoms with Crippen molar-refractivity contribution in [1.82, 2.24) is 0 Å². The van der Waals surface area contributed by atoms with E-state index in [1.54, 1.807) is 31.4 Å². The Morgan fingerprint density at radius 3 is 2.37 bits per heavy atom. The number of rotatable bonds is 4. The van der Waals surface area contributed by atoms with Crippen molar-refractivity contribution in [2.45, 2.75) is 0 Å². The Morgan fingerprint density at radius 1 is 1.16 bits per heavy atom. The molecule has 19 heavy (non-hydrogen) atoms. The summed E-state index contributed by atoms with van der Waals surface area (Å²) >= 11 is 0. The fourth-order valence-corrected chi connectivity index (χ4v) is 1.61. The minimum absolute atomic E-state index is 0.362. The molecule has 4 nitrogen and oxygen atoms in total. The van der Waals surface area contributed by atoms with Crippen LogP contribution in [0.4, 0.5) is 15.8 Å². The molecule has 0 aliphatic heterocycles. The molecule has 2 rings (SSSR count). The van der Waals surface area contributed by atoms with Gasteiger partial charge in [0, 0.05) is 11.4 Å². The highest BCUT2D eigenvalue weighted by atomic mass is 19.1. The van der Waals surface area contributed by atoms with Crippen LogP contribution >= 0.6 is 0 Å². The highest BCUT2D eigenvalue weighted by Gasteiger charge is 2.10. The molecule has 0 heterocycles. The van der Waals surface area contributed by atoms with Gasteiger partial charge in [-0.15, -0.1) is 0 Å². The summed E-state index contributed by atoms with van der Waals surface area (Å²) in [6.07, 6.45) is 0. The maximum absolute atomic E-state index is 13.2. The number of halogens is 1. The van der Waals surface area contributed by atoms with E-state index >= 15 is 0 Å². The van der Waals surface area contributed by atoms with Crippen LogP contribution in [0.1, 0.15) is 10.4 Å². The number of nitrogens with one attached hydrogen (secondary N) is 1. The van der Waals surface area contributed by atoms with Gasteiger partial charge >= 0.3 is 5.97 Å². The SMILES string of the molecule is COc1ccc(Nc2ccc(F)c(C(=O)O)c2)cc1. The van der Waals surface area contributed by atoms with E-state index in [1.165, 1.54) is 12.1 Å². The summed E-state index contributed by atoms with van der Waals surface area (Å²) in [7, 11) is 1.57. The molecule has 0 fully saturated rings.